The van der Waals surface area contributed by atoms with Gasteiger partial charge in [-0.3, -0.25) is 0 Å². The Morgan fingerprint density at radius 1 is 1.48 bits per heavy atom. The average molecular weight is 309 g/mol. The first kappa shape index (κ1) is 17.8. The Morgan fingerprint density at radius 2 is 2.10 bits per heavy atom. The highest BCUT2D eigenvalue weighted by atomic mass is 35.5. The van der Waals surface area contributed by atoms with Crippen LogP contribution < -0.4 is 0 Å². The number of rotatable bonds is 6. The number of halogens is 1. The highest BCUT2D eigenvalue weighted by molar-refractivity contribution is 6.30. The fourth-order valence-electron chi connectivity index (χ4n) is 2.56. The Hall–Kier alpha value is -1.25. The molecule has 2 atom stereocenters. The summed E-state index contributed by atoms with van der Waals surface area (Å²) in [7, 11) is 0. The molecule has 2 nitrogen and oxygen atoms in total. The molecular formula is C18H25ClO2. The molecule has 21 heavy (non-hydrogen) atoms. The van der Waals surface area contributed by atoms with E-state index in [1.165, 1.54) is 5.57 Å². The summed E-state index contributed by atoms with van der Waals surface area (Å²) < 4.78 is 0. The van der Waals surface area contributed by atoms with E-state index in [2.05, 4.69) is 33.4 Å². The van der Waals surface area contributed by atoms with Crippen LogP contribution in [-0.4, -0.2) is 10.2 Å². The van der Waals surface area contributed by atoms with E-state index in [1.807, 2.05) is 6.07 Å². The molecule has 0 heterocycles. The van der Waals surface area contributed by atoms with Crippen LogP contribution in [0.4, 0.5) is 0 Å². The summed E-state index contributed by atoms with van der Waals surface area (Å²) in [6.07, 6.45) is 4.09. The van der Waals surface area contributed by atoms with E-state index in [9.17, 15) is 10.2 Å². The quantitative estimate of drug-likeness (QED) is 0.540. The maximum absolute atomic E-state index is 10.5. The zero-order valence-corrected chi connectivity index (χ0v) is 14.0. The summed E-state index contributed by atoms with van der Waals surface area (Å²) in [6.45, 7) is 11.3. The summed E-state index contributed by atoms with van der Waals surface area (Å²) in [4.78, 5) is 0. The Bertz CT molecular complexity index is 544. The van der Waals surface area contributed by atoms with Gasteiger partial charge in [0.05, 0.1) is 0 Å². The second-order valence-corrected chi connectivity index (χ2v) is 6.25. The molecule has 0 fully saturated rings. The zero-order chi connectivity index (χ0) is 16.2. The molecule has 0 aliphatic heterocycles. The third-order valence-electron chi connectivity index (χ3n) is 3.81. The molecular weight excluding hydrogens is 284 g/mol. The first-order valence-corrected chi connectivity index (χ1v) is 7.64. The lowest BCUT2D eigenvalue weighted by Crippen LogP contribution is -2.25. The summed E-state index contributed by atoms with van der Waals surface area (Å²) in [5, 5.41) is 20.8. The van der Waals surface area contributed by atoms with Gasteiger partial charge in [0.15, 0.2) is 0 Å². The van der Waals surface area contributed by atoms with Crippen molar-refractivity contribution in [1.29, 1.82) is 0 Å². The van der Waals surface area contributed by atoms with Gasteiger partial charge in [0.1, 0.15) is 11.4 Å². The summed E-state index contributed by atoms with van der Waals surface area (Å²) in [5.74, 6) is -0.0774. The molecule has 116 valence electrons. The minimum atomic E-state index is -1.48. The standard InChI is InChI=1S/C18H25ClO2/c1-6-7-12(2)10-13(3)16-11-15(19)8-9-17(16)18(5,21)14(4)20/h7-9,11,13,20-21H,4,6,10H2,1-3,5H3/b12-7-. The number of hydrogen-bond acceptors (Lipinski definition) is 2. The fourth-order valence-corrected chi connectivity index (χ4v) is 2.75. The van der Waals surface area contributed by atoms with Crippen LogP contribution in [0.15, 0.2) is 42.2 Å². The van der Waals surface area contributed by atoms with E-state index in [1.54, 1.807) is 19.1 Å². The first-order valence-electron chi connectivity index (χ1n) is 7.26. The highest BCUT2D eigenvalue weighted by Crippen LogP contribution is 2.36. The topological polar surface area (TPSA) is 40.5 Å². The normalized spacial score (nSPS) is 16.4. The molecule has 0 aliphatic carbocycles. The third-order valence-corrected chi connectivity index (χ3v) is 4.05. The fraction of sp³-hybridized carbons (Fsp3) is 0.444. The molecule has 0 radical (unpaired) electrons. The van der Waals surface area contributed by atoms with Gasteiger partial charge in [-0.1, -0.05) is 49.7 Å². The molecule has 3 heteroatoms. The van der Waals surface area contributed by atoms with Crippen molar-refractivity contribution >= 4 is 11.6 Å². The molecule has 1 aromatic carbocycles. The number of aliphatic hydroxyl groups is 2. The maximum Gasteiger partial charge on any atom is 0.143 e. The summed E-state index contributed by atoms with van der Waals surface area (Å²) in [5.41, 5.74) is 1.41. The van der Waals surface area contributed by atoms with E-state index in [-0.39, 0.29) is 11.7 Å². The predicted molar refractivity (Wildman–Crippen MR) is 89.9 cm³/mol. The number of benzene rings is 1. The molecule has 0 bridgehead atoms. The van der Waals surface area contributed by atoms with Crippen LogP contribution in [-0.2, 0) is 5.60 Å². The second-order valence-electron chi connectivity index (χ2n) is 5.81. The van der Waals surface area contributed by atoms with Crippen LogP contribution in [0.1, 0.15) is 57.6 Å². The lowest BCUT2D eigenvalue weighted by Gasteiger charge is -2.28. The number of allylic oxidation sites excluding steroid dienone is 2. The minimum Gasteiger partial charge on any atom is -0.510 e. The lowest BCUT2D eigenvalue weighted by molar-refractivity contribution is 0.0501. The largest absolute Gasteiger partial charge is 0.510 e. The van der Waals surface area contributed by atoms with Crippen molar-refractivity contribution < 1.29 is 10.2 Å². The maximum atomic E-state index is 10.5. The van der Waals surface area contributed by atoms with Gasteiger partial charge in [-0.25, -0.2) is 0 Å². The van der Waals surface area contributed by atoms with Crippen molar-refractivity contribution in [3.63, 3.8) is 0 Å². The second kappa shape index (κ2) is 7.15. The average Bonchev–Trinajstić information content (AvgIpc) is 2.38. The zero-order valence-electron chi connectivity index (χ0n) is 13.3. The van der Waals surface area contributed by atoms with E-state index < -0.39 is 5.60 Å². The van der Waals surface area contributed by atoms with Crippen molar-refractivity contribution in [3.05, 3.63) is 58.3 Å². The van der Waals surface area contributed by atoms with Gasteiger partial charge in [-0.2, -0.15) is 0 Å². The Morgan fingerprint density at radius 3 is 2.62 bits per heavy atom. The highest BCUT2D eigenvalue weighted by Gasteiger charge is 2.30. The molecule has 0 spiro atoms. The van der Waals surface area contributed by atoms with E-state index >= 15 is 0 Å². The summed E-state index contributed by atoms with van der Waals surface area (Å²) >= 11 is 6.11. The predicted octanol–water partition coefficient (Wildman–Crippen LogP) is 5.47. The van der Waals surface area contributed by atoms with Gasteiger partial charge in [0, 0.05) is 5.02 Å². The smallest absolute Gasteiger partial charge is 0.143 e. The van der Waals surface area contributed by atoms with Crippen molar-refractivity contribution in [3.8, 4) is 0 Å². The van der Waals surface area contributed by atoms with E-state index in [4.69, 9.17) is 11.6 Å². The molecule has 1 aromatic rings. The van der Waals surface area contributed by atoms with Gasteiger partial charge in [-0.15, -0.1) is 0 Å². The van der Waals surface area contributed by atoms with Gasteiger partial charge in [0.25, 0.3) is 0 Å². The van der Waals surface area contributed by atoms with Gasteiger partial charge in [0.2, 0.25) is 0 Å². The van der Waals surface area contributed by atoms with Crippen LogP contribution in [0.5, 0.6) is 0 Å². The van der Waals surface area contributed by atoms with Crippen molar-refractivity contribution in [2.45, 2.75) is 52.1 Å². The molecule has 0 saturated carbocycles. The first-order chi connectivity index (χ1) is 9.70. The van der Waals surface area contributed by atoms with Crippen molar-refractivity contribution in [2.24, 2.45) is 0 Å². The van der Waals surface area contributed by atoms with Crippen molar-refractivity contribution in [2.75, 3.05) is 0 Å². The molecule has 2 N–H and O–H groups in total. The Kier molecular flexibility index (Phi) is 6.06. The van der Waals surface area contributed by atoms with Crippen LogP contribution in [0.3, 0.4) is 0 Å². The third kappa shape index (κ3) is 4.36. The van der Waals surface area contributed by atoms with Gasteiger partial charge in [-0.05, 0) is 55.9 Å². The van der Waals surface area contributed by atoms with Crippen LogP contribution in [0.2, 0.25) is 5.02 Å². The molecule has 0 amide bonds. The number of aliphatic hydroxyl groups excluding tert-OH is 1. The Balaban J connectivity index is 3.25. The monoisotopic (exact) mass is 308 g/mol. The van der Waals surface area contributed by atoms with Crippen LogP contribution in [0, 0.1) is 0 Å². The van der Waals surface area contributed by atoms with E-state index in [0.29, 0.717) is 10.6 Å². The van der Waals surface area contributed by atoms with Crippen LogP contribution in [0.25, 0.3) is 0 Å². The lowest BCUT2D eigenvalue weighted by atomic mass is 9.83. The summed E-state index contributed by atoms with van der Waals surface area (Å²) in [6, 6.07) is 5.34. The van der Waals surface area contributed by atoms with Gasteiger partial charge >= 0.3 is 0 Å². The van der Waals surface area contributed by atoms with Crippen LogP contribution >= 0.6 is 11.6 Å². The Labute approximate surface area is 132 Å². The molecule has 0 aliphatic rings. The minimum absolute atomic E-state index is 0.187. The molecule has 1 rings (SSSR count). The van der Waals surface area contributed by atoms with E-state index in [0.717, 1.165) is 18.4 Å². The van der Waals surface area contributed by atoms with Gasteiger partial charge < -0.3 is 10.2 Å². The molecule has 0 aromatic heterocycles. The molecule has 0 saturated heterocycles. The molecule has 2 unspecified atom stereocenters. The van der Waals surface area contributed by atoms with Crippen molar-refractivity contribution in [1.82, 2.24) is 0 Å². The SMILES string of the molecule is C=C(O)C(C)(O)c1ccc(Cl)cc1C(C)C/C(C)=C\CC. The number of hydrogen-bond donors (Lipinski definition) is 2.